The summed E-state index contributed by atoms with van der Waals surface area (Å²) in [7, 11) is 0. The number of carbonyl (C=O) groups is 1. The standard InChI is InChI=1S/C32H32ClN5O4/c1-19(34-32(40)41-18-25-23-10-5-3-8-21(23)22-9-4-6-11-24(22)25)29-35-27-13-7-12-26(33)28(27)30(39)38(29)37-16-14-36(15-17-37)31-20(2)42-31/h3-13,19-20,25,31H,14-18H2,1-2H3,(H,34,40)/t19-,20?,31?/m0/s1. The first-order chi connectivity index (χ1) is 20.4. The molecule has 3 atom stereocenters. The van der Waals surface area contributed by atoms with Gasteiger partial charge < -0.3 is 19.8 Å². The summed E-state index contributed by atoms with van der Waals surface area (Å²) < 4.78 is 13.0. The van der Waals surface area contributed by atoms with Gasteiger partial charge in [0, 0.05) is 32.1 Å². The summed E-state index contributed by atoms with van der Waals surface area (Å²) in [6, 6.07) is 21.1. The number of rotatable bonds is 6. The molecule has 0 saturated carbocycles. The van der Waals surface area contributed by atoms with E-state index in [1.807, 2.05) is 36.2 Å². The summed E-state index contributed by atoms with van der Waals surface area (Å²) in [4.78, 5) is 34.1. The lowest BCUT2D eigenvalue weighted by Gasteiger charge is -2.37. The molecule has 0 radical (unpaired) electrons. The van der Waals surface area contributed by atoms with Gasteiger partial charge in [-0.15, -0.1) is 0 Å². The third kappa shape index (κ3) is 4.71. The molecule has 42 heavy (non-hydrogen) atoms. The Kier molecular flexibility index (Phi) is 6.88. The van der Waals surface area contributed by atoms with Gasteiger partial charge >= 0.3 is 6.09 Å². The van der Waals surface area contributed by atoms with Crippen molar-refractivity contribution in [3.05, 3.63) is 99.1 Å². The molecule has 1 N–H and O–H groups in total. The number of fused-ring (bicyclic) bond motifs is 4. The normalized spacial score (nSPS) is 20.7. The Morgan fingerprint density at radius 1 is 1.02 bits per heavy atom. The Balaban J connectivity index is 1.12. The molecule has 3 aliphatic rings. The highest BCUT2D eigenvalue weighted by Gasteiger charge is 2.41. The van der Waals surface area contributed by atoms with Gasteiger partial charge in [-0.1, -0.05) is 66.2 Å². The fourth-order valence-electron chi connectivity index (χ4n) is 6.36. The van der Waals surface area contributed by atoms with Crippen LogP contribution in [0.15, 0.2) is 71.5 Å². The molecule has 3 aromatic carbocycles. The molecule has 7 rings (SSSR count). The lowest BCUT2D eigenvalue weighted by atomic mass is 9.98. The highest BCUT2D eigenvalue weighted by molar-refractivity contribution is 6.35. The van der Waals surface area contributed by atoms with Gasteiger partial charge in [-0.25, -0.2) is 14.5 Å². The number of halogens is 1. The lowest BCUT2D eigenvalue weighted by Crippen LogP contribution is -2.56. The van der Waals surface area contributed by atoms with E-state index in [1.165, 1.54) is 11.1 Å². The number of carbonyl (C=O) groups excluding carboxylic acids is 1. The number of ether oxygens (including phenoxy) is 2. The van der Waals surface area contributed by atoms with Gasteiger partial charge in [-0.2, -0.15) is 0 Å². The van der Waals surface area contributed by atoms with Crippen molar-refractivity contribution < 1.29 is 14.3 Å². The van der Waals surface area contributed by atoms with Gasteiger partial charge in [0.2, 0.25) is 0 Å². The number of alkyl carbamates (subject to hydrolysis) is 1. The molecule has 1 aliphatic carbocycles. The van der Waals surface area contributed by atoms with Gasteiger partial charge in [-0.3, -0.25) is 9.69 Å². The minimum Gasteiger partial charge on any atom is -0.449 e. The first-order valence-corrected chi connectivity index (χ1v) is 14.8. The second-order valence-corrected chi connectivity index (χ2v) is 11.5. The maximum absolute atomic E-state index is 13.9. The van der Waals surface area contributed by atoms with Crippen LogP contribution >= 0.6 is 11.6 Å². The van der Waals surface area contributed by atoms with Gasteiger partial charge in [0.1, 0.15) is 12.8 Å². The number of nitrogens with zero attached hydrogens (tertiary/aromatic N) is 4. The van der Waals surface area contributed by atoms with Crippen molar-refractivity contribution in [1.82, 2.24) is 19.9 Å². The zero-order valence-electron chi connectivity index (χ0n) is 23.5. The predicted molar refractivity (Wildman–Crippen MR) is 161 cm³/mol. The minimum atomic E-state index is -0.610. The van der Waals surface area contributed by atoms with Gasteiger partial charge in [0.15, 0.2) is 5.82 Å². The monoisotopic (exact) mass is 585 g/mol. The van der Waals surface area contributed by atoms with Gasteiger partial charge in [0.05, 0.1) is 28.1 Å². The Morgan fingerprint density at radius 3 is 2.31 bits per heavy atom. The summed E-state index contributed by atoms with van der Waals surface area (Å²) >= 11 is 6.47. The molecule has 216 valence electrons. The van der Waals surface area contributed by atoms with E-state index in [1.54, 1.807) is 22.9 Å². The van der Waals surface area contributed by atoms with Crippen molar-refractivity contribution in [2.45, 2.75) is 38.1 Å². The minimum absolute atomic E-state index is 0.0490. The fraction of sp³-hybridized carbons (Fsp3) is 0.344. The Labute approximate surface area is 248 Å². The Bertz CT molecular complexity index is 1690. The van der Waals surface area contributed by atoms with Crippen molar-refractivity contribution in [2.75, 3.05) is 37.8 Å². The van der Waals surface area contributed by atoms with E-state index in [0.717, 1.165) is 24.2 Å². The fourth-order valence-corrected chi connectivity index (χ4v) is 6.61. The van der Waals surface area contributed by atoms with Crippen LogP contribution in [0.5, 0.6) is 0 Å². The summed E-state index contributed by atoms with van der Waals surface area (Å²) in [5.74, 6) is 0.375. The highest BCUT2D eigenvalue weighted by Crippen LogP contribution is 2.44. The SMILES string of the molecule is CC1OC1N1CCN(n2c([C@H](C)NC(=O)OCC3c4ccccc4-c4ccccc43)nc3cccc(Cl)c3c2=O)CC1. The largest absolute Gasteiger partial charge is 0.449 e. The van der Waals surface area contributed by atoms with E-state index < -0.39 is 12.1 Å². The van der Waals surface area contributed by atoms with Crippen molar-refractivity contribution in [3.8, 4) is 11.1 Å². The molecule has 3 heterocycles. The van der Waals surface area contributed by atoms with E-state index in [0.29, 0.717) is 34.8 Å². The third-order valence-corrected chi connectivity index (χ3v) is 8.84. The third-order valence-electron chi connectivity index (χ3n) is 8.53. The maximum atomic E-state index is 13.9. The zero-order valence-corrected chi connectivity index (χ0v) is 24.3. The number of aromatic nitrogens is 2. The molecule has 0 spiro atoms. The summed E-state index contributed by atoms with van der Waals surface area (Å²) in [6.45, 7) is 6.77. The first kappa shape index (κ1) is 26.9. The molecule has 2 unspecified atom stereocenters. The Morgan fingerprint density at radius 2 is 1.67 bits per heavy atom. The van der Waals surface area contributed by atoms with Crippen molar-refractivity contribution >= 4 is 28.6 Å². The average Bonchev–Trinajstić information content (AvgIpc) is 3.65. The van der Waals surface area contributed by atoms with E-state index in [9.17, 15) is 9.59 Å². The topological polar surface area (TPSA) is 92.2 Å². The van der Waals surface area contributed by atoms with Crippen LogP contribution in [0.3, 0.4) is 0 Å². The Hall–Kier alpha value is -3.92. The van der Waals surface area contributed by atoms with Crippen molar-refractivity contribution in [1.29, 1.82) is 0 Å². The van der Waals surface area contributed by atoms with Crippen LogP contribution in [0.4, 0.5) is 4.79 Å². The van der Waals surface area contributed by atoms with E-state index in [4.69, 9.17) is 26.1 Å². The number of piperazine rings is 1. The van der Waals surface area contributed by atoms with E-state index in [-0.39, 0.29) is 30.4 Å². The number of benzene rings is 3. The number of hydrogen-bond donors (Lipinski definition) is 1. The summed E-state index contributed by atoms with van der Waals surface area (Å²) in [5.41, 5.74) is 4.85. The number of amides is 1. The molecular formula is C32H32ClN5O4. The summed E-state index contributed by atoms with van der Waals surface area (Å²) in [5, 5.41) is 5.61. The first-order valence-electron chi connectivity index (χ1n) is 14.4. The van der Waals surface area contributed by atoms with Crippen molar-refractivity contribution in [3.63, 3.8) is 0 Å². The van der Waals surface area contributed by atoms with Gasteiger partial charge in [0.25, 0.3) is 5.56 Å². The smallest absolute Gasteiger partial charge is 0.407 e. The van der Waals surface area contributed by atoms with E-state index in [2.05, 4.69) is 41.4 Å². The van der Waals surface area contributed by atoms with Gasteiger partial charge in [-0.05, 0) is 48.2 Å². The quantitative estimate of drug-likeness (QED) is 0.329. The summed E-state index contributed by atoms with van der Waals surface area (Å²) in [6.07, 6.45) is -0.194. The molecule has 4 aromatic rings. The highest BCUT2D eigenvalue weighted by atomic mass is 35.5. The van der Waals surface area contributed by atoms with Crippen LogP contribution in [-0.2, 0) is 9.47 Å². The number of nitrogens with one attached hydrogen (secondary N) is 1. The molecule has 9 nitrogen and oxygen atoms in total. The number of epoxide rings is 1. The lowest BCUT2D eigenvalue weighted by molar-refractivity contribution is 0.138. The van der Waals surface area contributed by atoms with Crippen LogP contribution < -0.4 is 15.9 Å². The number of hydrogen-bond acceptors (Lipinski definition) is 7. The van der Waals surface area contributed by atoms with Crippen LogP contribution in [0.2, 0.25) is 5.02 Å². The molecule has 2 aliphatic heterocycles. The van der Waals surface area contributed by atoms with Crippen LogP contribution in [0.1, 0.15) is 42.8 Å². The molecule has 2 fully saturated rings. The molecule has 10 heteroatoms. The molecule has 1 aromatic heterocycles. The van der Waals surface area contributed by atoms with Crippen LogP contribution in [-0.4, -0.2) is 65.8 Å². The molecule has 1 amide bonds. The predicted octanol–water partition coefficient (Wildman–Crippen LogP) is 4.65. The average molecular weight is 586 g/mol. The maximum Gasteiger partial charge on any atom is 0.407 e. The molecular weight excluding hydrogens is 554 g/mol. The second-order valence-electron chi connectivity index (χ2n) is 11.1. The second kappa shape index (κ2) is 10.7. The van der Waals surface area contributed by atoms with Crippen LogP contribution in [0, 0.1) is 0 Å². The molecule has 2 saturated heterocycles. The zero-order chi connectivity index (χ0) is 29.0. The molecule has 0 bridgehead atoms. The van der Waals surface area contributed by atoms with Crippen molar-refractivity contribution in [2.24, 2.45) is 0 Å². The van der Waals surface area contributed by atoms with Crippen LogP contribution in [0.25, 0.3) is 22.0 Å². The van der Waals surface area contributed by atoms with E-state index >= 15 is 0 Å².